The Labute approximate surface area is 153 Å². The van der Waals surface area contributed by atoms with E-state index in [1.54, 1.807) is 23.7 Å². The molecular weight excluding hydrogens is 352 g/mol. The fourth-order valence-corrected chi connectivity index (χ4v) is 5.14. The smallest absolute Gasteiger partial charge is 0.264 e. The van der Waals surface area contributed by atoms with Crippen LogP contribution >= 0.6 is 11.3 Å². The van der Waals surface area contributed by atoms with Crippen molar-refractivity contribution in [1.29, 1.82) is 0 Å². The number of aromatic nitrogens is 1. The predicted octanol–water partition coefficient (Wildman–Crippen LogP) is 4.71. The van der Waals surface area contributed by atoms with Crippen LogP contribution in [0.5, 0.6) is 0 Å². The van der Waals surface area contributed by atoms with Gasteiger partial charge in [0.25, 0.3) is 10.0 Å². The minimum Gasteiger partial charge on any atom is -0.266 e. The van der Waals surface area contributed by atoms with Crippen LogP contribution in [-0.4, -0.2) is 19.9 Å². The van der Waals surface area contributed by atoms with Gasteiger partial charge in [0, 0.05) is 6.54 Å². The van der Waals surface area contributed by atoms with E-state index in [-0.39, 0.29) is 5.92 Å². The van der Waals surface area contributed by atoms with Crippen LogP contribution in [0.25, 0.3) is 10.2 Å². The molecular formula is C19H22N2O2S2. The van der Waals surface area contributed by atoms with E-state index in [0.717, 1.165) is 16.6 Å². The average Bonchev–Trinajstić information content (AvgIpc) is 3.07. The van der Waals surface area contributed by atoms with Crippen molar-refractivity contribution in [2.75, 3.05) is 10.8 Å². The average molecular weight is 375 g/mol. The number of hydrogen-bond acceptors (Lipinski definition) is 4. The molecule has 0 aliphatic carbocycles. The summed E-state index contributed by atoms with van der Waals surface area (Å²) in [6.45, 7) is 6.57. The first-order valence-electron chi connectivity index (χ1n) is 8.36. The molecule has 0 saturated heterocycles. The highest BCUT2D eigenvalue weighted by molar-refractivity contribution is 7.92. The highest BCUT2D eigenvalue weighted by Gasteiger charge is 2.26. The maximum atomic E-state index is 13.3. The van der Waals surface area contributed by atoms with Gasteiger partial charge in [-0.05, 0) is 48.2 Å². The van der Waals surface area contributed by atoms with Crippen molar-refractivity contribution in [1.82, 2.24) is 4.98 Å². The molecule has 6 heteroatoms. The van der Waals surface area contributed by atoms with Gasteiger partial charge in [0.1, 0.15) is 0 Å². The quantitative estimate of drug-likeness (QED) is 0.628. The third kappa shape index (κ3) is 3.70. The summed E-state index contributed by atoms with van der Waals surface area (Å²) in [5.74, 6) is 0.216. The van der Waals surface area contributed by atoms with Gasteiger partial charge in [0.15, 0.2) is 0 Å². The highest BCUT2D eigenvalue weighted by Crippen LogP contribution is 2.28. The molecule has 132 valence electrons. The van der Waals surface area contributed by atoms with Crippen LogP contribution in [0, 0.1) is 5.92 Å². The fourth-order valence-electron chi connectivity index (χ4n) is 2.69. The van der Waals surface area contributed by atoms with Gasteiger partial charge in [-0.3, -0.25) is 4.31 Å². The van der Waals surface area contributed by atoms with E-state index in [1.165, 1.54) is 21.2 Å². The first-order chi connectivity index (χ1) is 11.9. The predicted molar refractivity (Wildman–Crippen MR) is 105 cm³/mol. The lowest BCUT2D eigenvalue weighted by molar-refractivity contribution is 0.578. The monoisotopic (exact) mass is 374 g/mol. The topological polar surface area (TPSA) is 50.3 Å². The lowest BCUT2D eigenvalue weighted by atomic mass is 10.1. The highest BCUT2D eigenvalue weighted by atomic mass is 32.2. The van der Waals surface area contributed by atoms with Gasteiger partial charge in [-0.25, -0.2) is 13.4 Å². The number of benzene rings is 2. The van der Waals surface area contributed by atoms with Crippen molar-refractivity contribution in [2.45, 2.75) is 32.1 Å². The second-order valence-corrected chi connectivity index (χ2v) is 9.18. The zero-order chi connectivity index (χ0) is 18.0. The summed E-state index contributed by atoms with van der Waals surface area (Å²) in [7, 11) is -3.63. The standard InChI is InChI=1S/C19H22N2O2S2/c1-4-15-5-7-16(8-6-15)21(12-14(2)3)25(22,23)17-9-10-18-19(11-17)24-13-20-18/h5-11,13-14H,4,12H2,1-3H3. The lowest BCUT2D eigenvalue weighted by Crippen LogP contribution is -2.34. The summed E-state index contributed by atoms with van der Waals surface area (Å²) >= 11 is 1.45. The molecule has 4 nitrogen and oxygen atoms in total. The molecule has 3 rings (SSSR count). The van der Waals surface area contributed by atoms with Crippen LogP contribution in [0.1, 0.15) is 26.3 Å². The van der Waals surface area contributed by atoms with Crippen molar-refractivity contribution >= 4 is 37.3 Å². The number of nitrogens with zero attached hydrogens (tertiary/aromatic N) is 2. The molecule has 3 aromatic rings. The van der Waals surface area contributed by atoms with Gasteiger partial charge in [-0.15, -0.1) is 11.3 Å². The minimum absolute atomic E-state index is 0.216. The van der Waals surface area contributed by atoms with Crippen LogP contribution in [0.4, 0.5) is 5.69 Å². The Morgan fingerprint density at radius 2 is 1.84 bits per heavy atom. The Bertz CT molecular complexity index is 961. The molecule has 0 saturated carbocycles. The number of rotatable bonds is 6. The zero-order valence-corrected chi connectivity index (χ0v) is 16.3. The molecule has 25 heavy (non-hydrogen) atoms. The largest absolute Gasteiger partial charge is 0.266 e. The van der Waals surface area contributed by atoms with Crippen LogP contribution in [0.15, 0.2) is 52.9 Å². The van der Waals surface area contributed by atoms with Crippen molar-refractivity contribution in [3.05, 3.63) is 53.5 Å². The molecule has 0 unspecified atom stereocenters. The Morgan fingerprint density at radius 1 is 1.12 bits per heavy atom. The Balaban J connectivity index is 2.06. The van der Waals surface area contributed by atoms with E-state index in [9.17, 15) is 8.42 Å². The third-order valence-electron chi connectivity index (χ3n) is 4.05. The molecule has 0 bridgehead atoms. The summed E-state index contributed by atoms with van der Waals surface area (Å²) in [6, 6.07) is 12.9. The van der Waals surface area contributed by atoms with Crippen molar-refractivity contribution in [3.8, 4) is 0 Å². The van der Waals surface area contributed by atoms with Crippen LogP contribution < -0.4 is 4.31 Å². The van der Waals surface area contributed by atoms with Crippen molar-refractivity contribution in [2.24, 2.45) is 5.92 Å². The van der Waals surface area contributed by atoms with E-state index in [0.29, 0.717) is 17.1 Å². The second kappa shape index (κ2) is 7.14. The molecule has 0 aliphatic rings. The minimum atomic E-state index is -3.63. The van der Waals surface area contributed by atoms with E-state index in [2.05, 4.69) is 11.9 Å². The van der Waals surface area contributed by atoms with E-state index >= 15 is 0 Å². The third-order valence-corrected chi connectivity index (χ3v) is 6.64. The number of fused-ring (bicyclic) bond motifs is 1. The molecule has 0 spiro atoms. The molecule has 1 aromatic heterocycles. The van der Waals surface area contributed by atoms with Gasteiger partial charge in [0.05, 0.1) is 26.3 Å². The Kier molecular flexibility index (Phi) is 5.11. The molecule has 0 N–H and O–H groups in total. The Morgan fingerprint density at radius 3 is 2.48 bits per heavy atom. The maximum Gasteiger partial charge on any atom is 0.264 e. The fraction of sp³-hybridized carbons (Fsp3) is 0.316. The number of hydrogen-bond donors (Lipinski definition) is 0. The van der Waals surface area contributed by atoms with Gasteiger partial charge in [-0.2, -0.15) is 0 Å². The molecule has 2 aromatic carbocycles. The van der Waals surface area contributed by atoms with Gasteiger partial charge in [0.2, 0.25) is 0 Å². The number of aryl methyl sites for hydroxylation is 1. The van der Waals surface area contributed by atoms with Gasteiger partial charge in [-0.1, -0.05) is 32.9 Å². The molecule has 1 heterocycles. The zero-order valence-electron chi connectivity index (χ0n) is 14.6. The van der Waals surface area contributed by atoms with Crippen LogP contribution in [0.2, 0.25) is 0 Å². The first kappa shape index (κ1) is 17.9. The summed E-state index contributed by atoms with van der Waals surface area (Å²) in [4.78, 5) is 4.53. The summed E-state index contributed by atoms with van der Waals surface area (Å²) in [5.41, 5.74) is 4.45. The first-order valence-corrected chi connectivity index (χ1v) is 10.7. The number of anilines is 1. The summed E-state index contributed by atoms with van der Waals surface area (Å²) < 4.78 is 29.0. The van der Waals surface area contributed by atoms with Crippen molar-refractivity contribution < 1.29 is 8.42 Å². The van der Waals surface area contributed by atoms with Crippen LogP contribution in [-0.2, 0) is 16.4 Å². The lowest BCUT2D eigenvalue weighted by Gasteiger charge is -2.26. The maximum absolute atomic E-state index is 13.3. The van der Waals surface area contributed by atoms with E-state index < -0.39 is 10.0 Å². The summed E-state index contributed by atoms with van der Waals surface area (Å²) in [5, 5.41) is 0. The molecule has 0 amide bonds. The van der Waals surface area contributed by atoms with Crippen LogP contribution in [0.3, 0.4) is 0 Å². The van der Waals surface area contributed by atoms with Gasteiger partial charge >= 0.3 is 0 Å². The van der Waals surface area contributed by atoms with Crippen molar-refractivity contribution in [3.63, 3.8) is 0 Å². The summed E-state index contributed by atoms with van der Waals surface area (Å²) in [6.07, 6.45) is 0.930. The number of sulfonamides is 1. The van der Waals surface area contributed by atoms with E-state index in [1.807, 2.05) is 38.1 Å². The Hall–Kier alpha value is -1.92. The van der Waals surface area contributed by atoms with E-state index in [4.69, 9.17) is 0 Å². The molecule has 0 fully saturated rings. The molecule has 0 atom stereocenters. The molecule has 0 aliphatic heterocycles. The normalized spacial score (nSPS) is 12.0. The number of thiazole rings is 1. The second-order valence-electron chi connectivity index (χ2n) is 6.43. The molecule has 0 radical (unpaired) electrons. The SMILES string of the molecule is CCc1ccc(N(CC(C)C)S(=O)(=O)c2ccc3ncsc3c2)cc1. The van der Waals surface area contributed by atoms with Gasteiger partial charge < -0.3 is 0 Å².